The molecule has 0 bridgehead atoms. The average molecular weight is 333 g/mol. The molecular weight excluding hydrogens is 314 g/mol. The fourth-order valence-electron chi connectivity index (χ4n) is 2.89. The zero-order valence-corrected chi connectivity index (χ0v) is 13.7. The van der Waals surface area contributed by atoms with Crippen LogP contribution in [0.4, 0.5) is 0 Å². The highest BCUT2D eigenvalue weighted by molar-refractivity contribution is 6.16. The van der Waals surface area contributed by atoms with E-state index < -0.39 is 11.9 Å². The minimum absolute atomic E-state index is 0.331. The first-order valence-electron chi connectivity index (χ1n) is 8.10. The van der Waals surface area contributed by atoms with E-state index in [0.717, 1.165) is 21.8 Å². The molecule has 0 aliphatic carbocycles. The lowest BCUT2D eigenvalue weighted by Crippen LogP contribution is -2.44. The molecule has 1 aromatic heterocycles. The van der Waals surface area contributed by atoms with Crippen LogP contribution in [0.15, 0.2) is 61.2 Å². The Morgan fingerprint density at radius 1 is 1.08 bits per heavy atom. The molecule has 5 nitrogen and oxygen atoms in total. The summed E-state index contributed by atoms with van der Waals surface area (Å²) >= 11 is 0. The number of benzene rings is 2. The van der Waals surface area contributed by atoms with E-state index in [1.54, 1.807) is 6.08 Å². The second-order valence-electron chi connectivity index (χ2n) is 5.82. The molecule has 0 saturated heterocycles. The smallest absolute Gasteiger partial charge is 0.253 e. The summed E-state index contributed by atoms with van der Waals surface area (Å²) in [4.78, 5) is 29.2. The van der Waals surface area contributed by atoms with Gasteiger partial charge in [0.15, 0.2) is 0 Å². The molecule has 0 saturated carbocycles. The number of carbonyl (C=O) groups excluding carboxylic acids is 2. The predicted molar refractivity (Wildman–Crippen MR) is 99.1 cm³/mol. The van der Waals surface area contributed by atoms with Crippen LogP contribution in [0.25, 0.3) is 21.8 Å². The van der Waals surface area contributed by atoms with Crippen molar-refractivity contribution in [3.8, 4) is 0 Å². The number of fused-ring (bicyclic) bond motifs is 2. The molecule has 0 radical (unpaired) electrons. The van der Waals surface area contributed by atoms with Gasteiger partial charge in [0.2, 0.25) is 5.91 Å². The number of allylic oxidation sites excluding steroid dienone is 1. The standard InChI is InChI=1S/C20H19N3O2/c1-2-3-10-17(19(21)24)23-20(25)18-13-8-4-6-11-15(13)22-16-12-7-5-9-14(16)18/h2,4-9,11-12,17H,1,3,10H2,(H2,21,24)(H,23,25)/t17-/m1/s1. The van der Waals surface area contributed by atoms with Gasteiger partial charge in [0.1, 0.15) is 6.04 Å². The van der Waals surface area contributed by atoms with Crippen molar-refractivity contribution >= 4 is 33.6 Å². The third-order valence-electron chi connectivity index (χ3n) is 4.12. The van der Waals surface area contributed by atoms with Gasteiger partial charge in [-0.05, 0) is 25.0 Å². The molecule has 0 aliphatic rings. The van der Waals surface area contributed by atoms with Crippen LogP contribution in [0.3, 0.4) is 0 Å². The number of carbonyl (C=O) groups is 2. The highest BCUT2D eigenvalue weighted by Crippen LogP contribution is 2.26. The number of nitrogens with one attached hydrogen (secondary N) is 1. The molecule has 0 aliphatic heterocycles. The van der Waals surface area contributed by atoms with Gasteiger partial charge in [-0.15, -0.1) is 6.58 Å². The van der Waals surface area contributed by atoms with Crippen molar-refractivity contribution in [2.75, 3.05) is 0 Å². The lowest BCUT2D eigenvalue weighted by atomic mass is 10.0. The van der Waals surface area contributed by atoms with E-state index in [1.807, 2.05) is 48.5 Å². The molecule has 3 rings (SSSR count). The predicted octanol–water partition coefficient (Wildman–Crippen LogP) is 2.94. The number of pyridine rings is 1. The Morgan fingerprint density at radius 2 is 1.64 bits per heavy atom. The maximum atomic E-state index is 13.0. The summed E-state index contributed by atoms with van der Waals surface area (Å²) in [6, 6.07) is 14.2. The number of aromatic nitrogens is 1. The molecular formula is C20H19N3O2. The maximum Gasteiger partial charge on any atom is 0.253 e. The Kier molecular flexibility index (Phi) is 4.75. The van der Waals surface area contributed by atoms with E-state index in [2.05, 4.69) is 16.9 Å². The number of amides is 2. The monoisotopic (exact) mass is 333 g/mol. The Hall–Kier alpha value is -3.21. The van der Waals surface area contributed by atoms with Gasteiger partial charge in [-0.1, -0.05) is 42.5 Å². The number of nitrogens with zero attached hydrogens (tertiary/aromatic N) is 1. The Bertz CT molecular complexity index is 911. The van der Waals surface area contributed by atoms with Gasteiger partial charge in [-0.25, -0.2) is 4.98 Å². The van der Waals surface area contributed by atoms with Gasteiger partial charge >= 0.3 is 0 Å². The first-order chi connectivity index (χ1) is 12.1. The molecule has 25 heavy (non-hydrogen) atoms. The van der Waals surface area contributed by atoms with Crippen LogP contribution in [0, 0.1) is 0 Å². The molecule has 0 fully saturated rings. The number of para-hydroxylation sites is 2. The molecule has 126 valence electrons. The third kappa shape index (κ3) is 3.35. The summed E-state index contributed by atoms with van der Waals surface area (Å²) in [7, 11) is 0. The van der Waals surface area contributed by atoms with Crippen LogP contribution in [0.5, 0.6) is 0 Å². The summed E-state index contributed by atoms with van der Waals surface area (Å²) in [6.07, 6.45) is 2.70. The summed E-state index contributed by atoms with van der Waals surface area (Å²) in [5, 5.41) is 4.25. The van der Waals surface area contributed by atoms with Crippen LogP contribution in [-0.4, -0.2) is 22.8 Å². The SMILES string of the molecule is C=CCC[C@@H](NC(=O)c1c2ccccc2nc2ccccc12)C(N)=O. The first kappa shape index (κ1) is 16.6. The van der Waals surface area contributed by atoms with Crippen molar-refractivity contribution in [2.24, 2.45) is 5.73 Å². The molecule has 5 heteroatoms. The lowest BCUT2D eigenvalue weighted by Gasteiger charge is -2.16. The van der Waals surface area contributed by atoms with Gasteiger partial charge < -0.3 is 11.1 Å². The Balaban J connectivity index is 2.10. The second kappa shape index (κ2) is 7.13. The molecule has 1 atom stereocenters. The van der Waals surface area contributed by atoms with Gasteiger partial charge in [-0.3, -0.25) is 9.59 Å². The van der Waals surface area contributed by atoms with Crippen molar-refractivity contribution in [2.45, 2.75) is 18.9 Å². The zero-order valence-electron chi connectivity index (χ0n) is 13.7. The van der Waals surface area contributed by atoms with Crippen molar-refractivity contribution in [1.29, 1.82) is 0 Å². The van der Waals surface area contributed by atoms with Crippen molar-refractivity contribution in [1.82, 2.24) is 10.3 Å². The molecule has 0 spiro atoms. The first-order valence-corrected chi connectivity index (χ1v) is 8.10. The van der Waals surface area contributed by atoms with Crippen LogP contribution < -0.4 is 11.1 Å². The second-order valence-corrected chi connectivity index (χ2v) is 5.82. The zero-order chi connectivity index (χ0) is 17.8. The fourth-order valence-corrected chi connectivity index (χ4v) is 2.89. The average Bonchev–Trinajstić information content (AvgIpc) is 2.62. The lowest BCUT2D eigenvalue weighted by molar-refractivity contribution is -0.119. The molecule has 2 aromatic carbocycles. The molecule has 3 aromatic rings. The minimum atomic E-state index is -0.740. The number of rotatable bonds is 6. The van der Waals surface area contributed by atoms with E-state index in [0.29, 0.717) is 18.4 Å². The van der Waals surface area contributed by atoms with Crippen LogP contribution in [0.1, 0.15) is 23.2 Å². The van der Waals surface area contributed by atoms with Gasteiger partial charge in [0.25, 0.3) is 5.91 Å². The quantitative estimate of drug-likeness (QED) is 0.537. The molecule has 3 N–H and O–H groups in total. The van der Waals surface area contributed by atoms with Gasteiger partial charge in [0, 0.05) is 10.8 Å². The van der Waals surface area contributed by atoms with E-state index in [1.165, 1.54) is 0 Å². The van der Waals surface area contributed by atoms with Crippen molar-refractivity contribution in [3.63, 3.8) is 0 Å². The minimum Gasteiger partial charge on any atom is -0.368 e. The number of nitrogens with two attached hydrogens (primary N) is 1. The van der Waals surface area contributed by atoms with E-state index in [-0.39, 0.29) is 5.91 Å². The number of hydrogen-bond acceptors (Lipinski definition) is 3. The molecule has 2 amide bonds. The maximum absolute atomic E-state index is 13.0. The largest absolute Gasteiger partial charge is 0.368 e. The van der Waals surface area contributed by atoms with Gasteiger partial charge in [-0.2, -0.15) is 0 Å². The highest BCUT2D eigenvalue weighted by Gasteiger charge is 2.21. The third-order valence-corrected chi connectivity index (χ3v) is 4.12. The highest BCUT2D eigenvalue weighted by atomic mass is 16.2. The number of hydrogen-bond donors (Lipinski definition) is 2. The molecule has 1 heterocycles. The Labute approximate surface area is 145 Å². The summed E-state index contributed by atoms with van der Waals surface area (Å²) in [5.74, 6) is -0.888. The van der Waals surface area contributed by atoms with Gasteiger partial charge in [0.05, 0.1) is 16.6 Å². The van der Waals surface area contributed by atoms with Crippen LogP contribution in [-0.2, 0) is 4.79 Å². The summed E-state index contributed by atoms with van der Waals surface area (Å²) in [5.41, 5.74) is 7.39. The summed E-state index contributed by atoms with van der Waals surface area (Å²) < 4.78 is 0. The van der Waals surface area contributed by atoms with Crippen molar-refractivity contribution < 1.29 is 9.59 Å². The topological polar surface area (TPSA) is 85.1 Å². The van der Waals surface area contributed by atoms with E-state index in [9.17, 15) is 9.59 Å². The summed E-state index contributed by atoms with van der Waals surface area (Å²) in [6.45, 7) is 3.64. The molecule has 0 unspecified atom stereocenters. The van der Waals surface area contributed by atoms with Crippen LogP contribution in [0.2, 0.25) is 0 Å². The van der Waals surface area contributed by atoms with E-state index >= 15 is 0 Å². The number of primary amides is 1. The van der Waals surface area contributed by atoms with E-state index in [4.69, 9.17) is 5.73 Å². The van der Waals surface area contributed by atoms with Crippen molar-refractivity contribution in [3.05, 3.63) is 66.7 Å². The Morgan fingerprint density at radius 3 is 2.16 bits per heavy atom. The fraction of sp³-hybridized carbons (Fsp3) is 0.150. The van der Waals surface area contributed by atoms with Crippen LogP contribution >= 0.6 is 0 Å². The normalized spacial score (nSPS) is 12.0.